The quantitative estimate of drug-likeness (QED) is 0.613. The number of nitrogens with one attached hydrogen (secondary N) is 1. The summed E-state index contributed by atoms with van der Waals surface area (Å²) in [6, 6.07) is 0. The summed E-state index contributed by atoms with van der Waals surface area (Å²) in [5.41, 5.74) is 0.536. The lowest BCUT2D eigenvalue weighted by Crippen LogP contribution is -2.41. The molecule has 0 unspecified atom stereocenters. The Bertz CT molecular complexity index is 241. The first-order valence-electron chi connectivity index (χ1n) is 4.60. The number of hydrogen-bond acceptors (Lipinski definition) is 3. The van der Waals surface area contributed by atoms with Gasteiger partial charge in [0.2, 0.25) is 0 Å². The fourth-order valence-corrected chi connectivity index (χ4v) is 1.43. The van der Waals surface area contributed by atoms with Gasteiger partial charge in [-0.2, -0.15) is 0 Å². The molecule has 0 bridgehead atoms. The maximum Gasteiger partial charge on any atom is 0.185 e. The van der Waals surface area contributed by atoms with E-state index in [0.717, 1.165) is 18.7 Å². The summed E-state index contributed by atoms with van der Waals surface area (Å²) in [7, 11) is 3.84. The molecule has 1 aliphatic heterocycles. The van der Waals surface area contributed by atoms with Gasteiger partial charge in [0.25, 0.3) is 0 Å². The molecule has 13 heavy (non-hydrogen) atoms. The zero-order valence-electron chi connectivity index (χ0n) is 8.85. The van der Waals surface area contributed by atoms with Crippen molar-refractivity contribution >= 4 is 5.78 Å². The predicted octanol–water partition coefficient (Wildman–Crippen LogP) is 0.978. The number of hydrogen-bond donors (Lipinski definition) is 1. The Morgan fingerprint density at radius 3 is 2.62 bits per heavy atom. The molecule has 3 nitrogen and oxygen atoms in total. The van der Waals surface area contributed by atoms with Crippen molar-refractivity contribution < 1.29 is 4.79 Å². The van der Waals surface area contributed by atoms with Crippen LogP contribution in [0.15, 0.2) is 11.9 Å². The molecule has 0 saturated carbocycles. The first-order valence-corrected chi connectivity index (χ1v) is 4.60. The number of carbonyl (C=O) groups excluding carboxylic acids is 1. The second-order valence-electron chi connectivity index (χ2n) is 4.40. The highest BCUT2D eigenvalue weighted by Crippen LogP contribution is 2.27. The lowest BCUT2D eigenvalue weighted by atomic mass is 9.80. The maximum atomic E-state index is 11.8. The van der Waals surface area contributed by atoms with Crippen LogP contribution in [-0.4, -0.2) is 31.3 Å². The Labute approximate surface area is 79.8 Å². The zero-order valence-corrected chi connectivity index (χ0v) is 8.85. The number of allylic oxidation sites excluding steroid dienone is 1. The van der Waals surface area contributed by atoms with Crippen LogP contribution in [0.4, 0.5) is 0 Å². The molecular weight excluding hydrogens is 164 g/mol. The molecule has 0 aliphatic carbocycles. The summed E-state index contributed by atoms with van der Waals surface area (Å²) in [5.74, 6) is 0.215. The van der Waals surface area contributed by atoms with E-state index in [2.05, 4.69) is 5.32 Å². The fourth-order valence-electron chi connectivity index (χ4n) is 1.43. The Kier molecular flexibility index (Phi) is 2.64. The van der Waals surface area contributed by atoms with Gasteiger partial charge in [-0.25, -0.2) is 0 Å². The van der Waals surface area contributed by atoms with E-state index in [4.69, 9.17) is 0 Å². The molecular formula is C10H18N2O. The van der Waals surface area contributed by atoms with Gasteiger partial charge in [-0.1, -0.05) is 13.8 Å². The second-order valence-corrected chi connectivity index (χ2v) is 4.40. The van der Waals surface area contributed by atoms with Crippen LogP contribution in [0.3, 0.4) is 0 Å². The molecule has 0 aromatic carbocycles. The monoisotopic (exact) mass is 182 g/mol. The van der Waals surface area contributed by atoms with Crippen LogP contribution in [0.25, 0.3) is 0 Å². The van der Waals surface area contributed by atoms with Gasteiger partial charge in [0.05, 0.1) is 5.70 Å². The summed E-state index contributed by atoms with van der Waals surface area (Å²) >= 11 is 0. The Hall–Kier alpha value is -0.990. The Balaban J connectivity index is 2.83. The van der Waals surface area contributed by atoms with Gasteiger partial charge in [-0.05, 0) is 6.42 Å². The number of nitrogens with zero attached hydrogens (tertiary/aromatic N) is 1. The fraction of sp³-hybridized carbons (Fsp3) is 0.700. The topological polar surface area (TPSA) is 32.3 Å². The van der Waals surface area contributed by atoms with E-state index in [1.807, 2.05) is 39.0 Å². The number of piperidine rings is 1. The minimum absolute atomic E-state index is 0.201. The lowest BCUT2D eigenvalue weighted by molar-refractivity contribution is -0.125. The van der Waals surface area contributed by atoms with Gasteiger partial charge in [0.15, 0.2) is 5.78 Å². The first-order chi connectivity index (χ1) is 5.93. The van der Waals surface area contributed by atoms with Crippen LogP contribution in [0, 0.1) is 5.41 Å². The van der Waals surface area contributed by atoms with Crippen molar-refractivity contribution in [2.24, 2.45) is 5.41 Å². The van der Waals surface area contributed by atoms with Gasteiger partial charge >= 0.3 is 0 Å². The average molecular weight is 182 g/mol. The average Bonchev–Trinajstić information content (AvgIpc) is 1.98. The number of rotatable bonds is 1. The molecule has 1 aliphatic rings. The van der Waals surface area contributed by atoms with Crippen LogP contribution in [0.5, 0.6) is 0 Å². The summed E-state index contributed by atoms with van der Waals surface area (Å²) in [6.07, 6.45) is 2.76. The predicted molar refractivity (Wildman–Crippen MR) is 53.2 cm³/mol. The summed E-state index contributed by atoms with van der Waals surface area (Å²) in [5, 5.41) is 3.13. The molecule has 1 heterocycles. The normalized spacial score (nSPS) is 24.3. The molecule has 1 N–H and O–H groups in total. The summed E-state index contributed by atoms with van der Waals surface area (Å²) < 4.78 is 0. The summed E-state index contributed by atoms with van der Waals surface area (Å²) in [4.78, 5) is 13.7. The van der Waals surface area contributed by atoms with Crippen LogP contribution in [-0.2, 0) is 4.79 Å². The van der Waals surface area contributed by atoms with Crippen molar-refractivity contribution in [1.29, 1.82) is 0 Å². The third-order valence-corrected chi connectivity index (χ3v) is 2.31. The molecule has 0 aromatic rings. The molecule has 3 heteroatoms. The number of ketones is 1. The van der Waals surface area contributed by atoms with Crippen molar-refractivity contribution in [3.8, 4) is 0 Å². The highest BCUT2D eigenvalue weighted by molar-refractivity contribution is 5.99. The Morgan fingerprint density at radius 2 is 2.08 bits per heavy atom. The number of carbonyl (C=O) groups is 1. The third kappa shape index (κ3) is 2.23. The van der Waals surface area contributed by atoms with E-state index >= 15 is 0 Å². The Morgan fingerprint density at radius 1 is 1.46 bits per heavy atom. The molecule has 1 saturated heterocycles. The molecule has 0 spiro atoms. The van der Waals surface area contributed by atoms with Crippen LogP contribution in [0.2, 0.25) is 0 Å². The SMILES string of the molecule is CN(C)/C=C1/NCCC(C)(C)C1=O. The van der Waals surface area contributed by atoms with Crippen molar-refractivity contribution in [2.75, 3.05) is 20.6 Å². The van der Waals surface area contributed by atoms with Crippen LogP contribution in [0.1, 0.15) is 20.3 Å². The van der Waals surface area contributed by atoms with E-state index in [1.165, 1.54) is 0 Å². The zero-order chi connectivity index (χ0) is 10.1. The van der Waals surface area contributed by atoms with Crippen molar-refractivity contribution in [1.82, 2.24) is 10.2 Å². The van der Waals surface area contributed by atoms with Crippen molar-refractivity contribution in [2.45, 2.75) is 20.3 Å². The minimum atomic E-state index is -0.201. The van der Waals surface area contributed by atoms with Gasteiger partial charge in [-0.15, -0.1) is 0 Å². The molecule has 0 atom stereocenters. The van der Waals surface area contributed by atoms with Gasteiger partial charge in [-0.3, -0.25) is 4.79 Å². The molecule has 0 aromatic heterocycles. The van der Waals surface area contributed by atoms with E-state index in [1.54, 1.807) is 0 Å². The van der Waals surface area contributed by atoms with Gasteiger partial charge < -0.3 is 10.2 Å². The molecule has 74 valence electrons. The smallest absolute Gasteiger partial charge is 0.185 e. The van der Waals surface area contributed by atoms with Crippen molar-refractivity contribution in [3.05, 3.63) is 11.9 Å². The lowest BCUT2D eigenvalue weighted by Gasteiger charge is -2.31. The minimum Gasteiger partial charge on any atom is -0.382 e. The summed E-state index contributed by atoms with van der Waals surface area (Å²) in [6.45, 7) is 4.89. The molecule has 0 radical (unpaired) electrons. The molecule has 1 fully saturated rings. The molecule has 1 rings (SSSR count). The van der Waals surface area contributed by atoms with E-state index < -0.39 is 0 Å². The van der Waals surface area contributed by atoms with Gasteiger partial charge in [0, 0.05) is 32.3 Å². The third-order valence-electron chi connectivity index (χ3n) is 2.31. The second kappa shape index (κ2) is 3.40. The van der Waals surface area contributed by atoms with E-state index in [9.17, 15) is 4.79 Å². The highest BCUT2D eigenvalue weighted by Gasteiger charge is 2.33. The van der Waals surface area contributed by atoms with E-state index in [-0.39, 0.29) is 11.2 Å². The van der Waals surface area contributed by atoms with Crippen molar-refractivity contribution in [3.63, 3.8) is 0 Å². The standard InChI is InChI=1S/C10H18N2O/c1-10(2)5-6-11-8(9(10)13)7-12(3)4/h7,11H,5-6H2,1-4H3/b8-7+. The largest absolute Gasteiger partial charge is 0.382 e. The number of Topliss-reactive ketones (excluding diaryl/α,β-unsaturated/α-hetero) is 1. The van der Waals surface area contributed by atoms with Crippen LogP contribution < -0.4 is 5.32 Å². The molecule has 0 amide bonds. The first kappa shape index (κ1) is 10.1. The highest BCUT2D eigenvalue weighted by atomic mass is 16.1. The van der Waals surface area contributed by atoms with E-state index in [0.29, 0.717) is 0 Å². The van der Waals surface area contributed by atoms with Crippen LogP contribution >= 0.6 is 0 Å². The van der Waals surface area contributed by atoms with Gasteiger partial charge in [0.1, 0.15) is 0 Å². The maximum absolute atomic E-state index is 11.8.